The average Bonchev–Trinajstić information content (AvgIpc) is 2.89. The lowest BCUT2D eigenvalue weighted by Crippen LogP contribution is -2.42. The van der Waals surface area contributed by atoms with E-state index in [0.29, 0.717) is 16.3 Å². The molecule has 0 atom stereocenters. The van der Waals surface area contributed by atoms with E-state index in [1.54, 1.807) is 31.2 Å². The second-order valence-corrected chi connectivity index (χ2v) is 9.31. The van der Waals surface area contributed by atoms with Crippen LogP contribution in [-0.4, -0.2) is 27.2 Å². The molecule has 0 aliphatic carbocycles. The van der Waals surface area contributed by atoms with Crippen LogP contribution in [0, 0.1) is 0 Å². The number of nitrogens with one attached hydrogen (secondary N) is 1. The van der Waals surface area contributed by atoms with E-state index in [9.17, 15) is 14.4 Å². The highest BCUT2D eigenvalue weighted by atomic mass is 35.5. The Morgan fingerprint density at radius 2 is 1.56 bits per heavy atom. The first-order valence-corrected chi connectivity index (χ1v) is 12.3. The smallest absolute Gasteiger partial charge is 0.354 e. The summed E-state index contributed by atoms with van der Waals surface area (Å²) in [7, 11) is 1.35. The number of nitrogens with zero attached hydrogens (tertiary/aromatic N) is 3. The van der Waals surface area contributed by atoms with Gasteiger partial charge in [-0.2, -0.15) is 4.98 Å². The first-order chi connectivity index (χ1) is 17.4. The van der Waals surface area contributed by atoms with Crippen molar-refractivity contribution >= 4 is 41.0 Å². The van der Waals surface area contributed by atoms with Crippen LogP contribution in [0.15, 0.2) is 92.2 Å². The molecule has 3 aromatic carbocycles. The molecule has 0 fully saturated rings. The van der Waals surface area contributed by atoms with E-state index >= 15 is 0 Å². The van der Waals surface area contributed by atoms with Crippen LogP contribution in [0.1, 0.15) is 22.8 Å². The molecule has 36 heavy (non-hydrogen) atoms. The number of halogens is 1. The number of ether oxygens (including phenoxy) is 1. The molecule has 10 heteroatoms. The van der Waals surface area contributed by atoms with E-state index in [1.807, 2.05) is 48.5 Å². The molecule has 0 saturated heterocycles. The van der Waals surface area contributed by atoms with Crippen molar-refractivity contribution in [3.8, 4) is 0 Å². The van der Waals surface area contributed by atoms with Gasteiger partial charge in [0, 0.05) is 27.0 Å². The number of carbonyl (C=O) groups excluding carboxylic acids is 1. The number of carbonyl (C=O) groups is 1. The molecule has 0 unspecified atom stereocenters. The molecular formula is C26H23ClN4O4S. The van der Waals surface area contributed by atoms with Crippen molar-refractivity contribution < 1.29 is 9.53 Å². The number of rotatable bonds is 8. The highest BCUT2D eigenvalue weighted by molar-refractivity contribution is 7.99. The Hall–Kier alpha value is -3.82. The lowest BCUT2D eigenvalue weighted by Gasteiger charge is -2.15. The van der Waals surface area contributed by atoms with E-state index in [0.717, 1.165) is 19.9 Å². The highest BCUT2D eigenvalue weighted by Gasteiger charge is 2.13. The third-order valence-electron chi connectivity index (χ3n) is 5.34. The molecule has 0 saturated carbocycles. The molecule has 1 N–H and O–H groups in total. The number of methoxy groups -OCH3 is 1. The van der Waals surface area contributed by atoms with Crippen LogP contribution >= 0.6 is 23.4 Å². The van der Waals surface area contributed by atoms with Gasteiger partial charge in [0.1, 0.15) is 0 Å². The van der Waals surface area contributed by atoms with Gasteiger partial charge in [-0.05, 0) is 73.2 Å². The summed E-state index contributed by atoms with van der Waals surface area (Å²) >= 11 is 7.51. The van der Waals surface area contributed by atoms with Gasteiger partial charge in [0.25, 0.3) is 0 Å². The van der Waals surface area contributed by atoms with Gasteiger partial charge in [-0.15, -0.1) is 0 Å². The molecule has 0 aliphatic heterocycles. The Bertz CT molecular complexity index is 1480. The predicted molar refractivity (Wildman–Crippen MR) is 141 cm³/mol. The summed E-state index contributed by atoms with van der Waals surface area (Å²) < 4.78 is 7.24. The number of hydrogen-bond acceptors (Lipinski definition) is 7. The maximum atomic E-state index is 13.0. The molecule has 0 radical (unpaired) electrons. The molecule has 184 valence electrons. The van der Waals surface area contributed by atoms with Gasteiger partial charge in [-0.1, -0.05) is 35.5 Å². The van der Waals surface area contributed by atoms with Crippen molar-refractivity contribution in [2.75, 3.05) is 12.4 Å². The van der Waals surface area contributed by atoms with Crippen molar-refractivity contribution in [2.45, 2.75) is 29.8 Å². The van der Waals surface area contributed by atoms with E-state index in [2.05, 4.69) is 10.3 Å². The van der Waals surface area contributed by atoms with E-state index < -0.39 is 11.4 Å². The van der Waals surface area contributed by atoms with Crippen molar-refractivity contribution in [3.05, 3.63) is 110 Å². The van der Waals surface area contributed by atoms with Gasteiger partial charge in [-0.25, -0.2) is 19.0 Å². The summed E-state index contributed by atoms with van der Waals surface area (Å²) in [6.45, 7) is 2.17. The molecule has 4 rings (SSSR count). The van der Waals surface area contributed by atoms with Gasteiger partial charge in [-0.3, -0.25) is 4.57 Å². The Balaban J connectivity index is 1.56. The SMILES string of the molecule is CCn1c(=O)nc(Nc2ccc(Sc3ccc(C(=O)OC)cc3)cc2)n(Cc2ccc(Cl)cc2)c1=O. The lowest BCUT2D eigenvalue weighted by molar-refractivity contribution is 0.0600. The molecule has 1 heterocycles. The fraction of sp³-hybridized carbons (Fsp3) is 0.154. The minimum absolute atomic E-state index is 0.156. The maximum Gasteiger partial charge on any atom is 0.354 e. The minimum atomic E-state index is -0.611. The maximum absolute atomic E-state index is 13.0. The summed E-state index contributed by atoms with van der Waals surface area (Å²) in [6, 6.07) is 21.8. The van der Waals surface area contributed by atoms with Crippen LogP contribution in [0.5, 0.6) is 0 Å². The van der Waals surface area contributed by atoms with Crippen molar-refractivity contribution in [3.63, 3.8) is 0 Å². The standard InChI is InChI=1S/C26H23ClN4O4S/c1-3-30-25(33)29-24(31(26(30)34)16-17-4-8-19(27)9-5-17)28-20-10-14-22(15-11-20)36-21-12-6-18(7-13-21)23(32)35-2/h4-15H,3,16H2,1-2H3,(H,28,29,33). The van der Waals surface area contributed by atoms with Crippen LogP contribution in [0.2, 0.25) is 5.02 Å². The minimum Gasteiger partial charge on any atom is -0.465 e. The highest BCUT2D eigenvalue weighted by Crippen LogP contribution is 2.29. The number of benzene rings is 3. The normalized spacial score (nSPS) is 10.8. The zero-order valence-electron chi connectivity index (χ0n) is 19.6. The monoisotopic (exact) mass is 522 g/mol. The van der Waals surface area contributed by atoms with Gasteiger partial charge < -0.3 is 10.1 Å². The largest absolute Gasteiger partial charge is 0.465 e. The zero-order chi connectivity index (χ0) is 25.7. The Morgan fingerprint density at radius 1 is 0.944 bits per heavy atom. The first-order valence-electron chi connectivity index (χ1n) is 11.1. The quantitative estimate of drug-likeness (QED) is 0.332. The third kappa shape index (κ3) is 5.87. The fourth-order valence-corrected chi connectivity index (χ4v) is 4.40. The summed E-state index contributed by atoms with van der Waals surface area (Å²) in [5.41, 5.74) is 0.949. The molecule has 0 amide bonds. The first kappa shape index (κ1) is 25.3. The van der Waals surface area contributed by atoms with Crippen molar-refractivity contribution in [1.82, 2.24) is 14.1 Å². The van der Waals surface area contributed by atoms with E-state index in [-0.39, 0.29) is 25.0 Å². The van der Waals surface area contributed by atoms with Gasteiger partial charge in [0.15, 0.2) is 0 Å². The fourth-order valence-electron chi connectivity index (χ4n) is 3.46. The summed E-state index contributed by atoms with van der Waals surface area (Å²) in [5.74, 6) is -0.222. The number of aromatic nitrogens is 3. The predicted octanol–water partition coefficient (Wildman–Crippen LogP) is 4.81. The average molecular weight is 523 g/mol. The van der Waals surface area contributed by atoms with Gasteiger partial charge in [0.05, 0.1) is 19.2 Å². The topological polar surface area (TPSA) is 95.2 Å². The van der Waals surface area contributed by atoms with Crippen molar-refractivity contribution in [1.29, 1.82) is 0 Å². The van der Waals surface area contributed by atoms with Crippen molar-refractivity contribution in [2.24, 2.45) is 0 Å². The van der Waals surface area contributed by atoms with Crippen LogP contribution < -0.4 is 16.7 Å². The van der Waals surface area contributed by atoms with Gasteiger partial charge in [0.2, 0.25) is 5.95 Å². The second-order valence-electron chi connectivity index (χ2n) is 7.72. The number of anilines is 2. The molecule has 0 spiro atoms. The Kier molecular flexibility index (Phi) is 7.92. The van der Waals surface area contributed by atoms with Crippen LogP contribution in [-0.2, 0) is 17.8 Å². The number of esters is 1. The zero-order valence-corrected chi connectivity index (χ0v) is 21.2. The van der Waals surface area contributed by atoms with Crippen LogP contribution in [0.25, 0.3) is 0 Å². The molecule has 4 aromatic rings. The molecule has 0 aliphatic rings. The second kappa shape index (κ2) is 11.3. The summed E-state index contributed by atoms with van der Waals surface area (Å²) in [4.78, 5) is 43.1. The molecule has 1 aromatic heterocycles. The summed E-state index contributed by atoms with van der Waals surface area (Å²) in [5, 5.41) is 3.70. The van der Waals surface area contributed by atoms with E-state index in [1.165, 1.54) is 23.4 Å². The van der Waals surface area contributed by atoms with Crippen LogP contribution in [0.3, 0.4) is 0 Å². The molecular weight excluding hydrogens is 500 g/mol. The Labute approximate surface area is 216 Å². The lowest BCUT2D eigenvalue weighted by atomic mass is 10.2. The third-order valence-corrected chi connectivity index (χ3v) is 6.61. The summed E-state index contributed by atoms with van der Waals surface area (Å²) in [6.07, 6.45) is 0. The van der Waals surface area contributed by atoms with Gasteiger partial charge >= 0.3 is 17.3 Å². The molecule has 0 bridgehead atoms. The van der Waals surface area contributed by atoms with Crippen LogP contribution in [0.4, 0.5) is 11.6 Å². The number of hydrogen-bond donors (Lipinski definition) is 1. The Morgan fingerprint density at radius 3 is 2.14 bits per heavy atom. The van der Waals surface area contributed by atoms with E-state index in [4.69, 9.17) is 16.3 Å². The molecule has 8 nitrogen and oxygen atoms in total.